The average Bonchev–Trinajstić information content (AvgIpc) is 3.32. The monoisotopic (exact) mass is 442 g/mol. The second kappa shape index (κ2) is 7.08. The number of ether oxygens (including phenoxy) is 4. The first-order valence-electron chi connectivity index (χ1n) is 9.26. The zero-order valence-corrected chi connectivity index (χ0v) is 17.8. The quantitative estimate of drug-likeness (QED) is 0.523. The maximum absolute atomic E-state index is 12.8. The minimum Gasteiger partial charge on any atom is -0.324 e. The fraction of sp³-hybridized carbons (Fsp3) is 1.00. The molecule has 4 aliphatic heterocycles. The van der Waals surface area contributed by atoms with Gasteiger partial charge in [-0.3, -0.25) is 0 Å². The van der Waals surface area contributed by atoms with Gasteiger partial charge in [0, 0.05) is 27.2 Å². The number of hydrogen-bond acceptors (Lipinski definition) is 8. The number of hydrogen-bond donors (Lipinski definition) is 0. The van der Waals surface area contributed by atoms with Crippen LogP contribution in [0, 0.1) is 0 Å². The third kappa shape index (κ3) is 2.85. The lowest BCUT2D eigenvalue weighted by Gasteiger charge is -2.26. The molecule has 0 N–H and O–H groups in total. The first kappa shape index (κ1) is 20.8. The summed E-state index contributed by atoms with van der Waals surface area (Å²) in [7, 11) is -4.48. The summed E-state index contributed by atoms with van der Waals surface area (Å²) < 4.78 is 77.9. The maximum atomic E-state index is 12.8. The molecule has 0 aliphatic carbocycles. The predicted molar refractivity (Wildman–Crippen MR) is 94.4 cm³/mol. The van der Waals surface area contributed by atoms with E-state index in [1.807, 2.05) is 13.8 Å². The van der Waals surface area contributed by atoms with Crippen LogP contribution in [0.2, 0.25) is 0 Å². The summed E-state index contributed by atoms with van der Waals surface area (Å²) in [4.78, 5) is 0. The molecule has 0 amide bonds. The van der Waals surface area contributed by atoms with Crippen LogP contribution in [0.5, 0.6) is 0 Å². The van der Waals surface area contributed by atoms with Gasteiger partial charge in [-0.2, -0.15) is 34.1 Å². The van der Waals surface area contributed by atoms with Crippen molar-refractivity contribution in [3.63, 3.8) is 0 Å². The first-order chi connectivity index (χ1) is 13.1. The Morgan fingerprint density at radius 2 is 1.00 bits per heavy atom. The third-order valence-corrected chi connectivity index (χ3v) is 9.13. The van der Waals surface area contributed by atoms with E-state index in [4.69, 9.17) is 18.9 Å². The molecule has 4 fully saturated rings. The van der Waals surface area contributed by atoms with Gasteiger partial charge in [0.05, 0.1) is 0 Å². The zero-order chi connectivity index (χ0) is 20.4. The molecule has 0 aromatic carbocycles. The Bertz CT molecular complexity index is 771. The highest BCUT2D eigenvalue weighted by molar-refractivity contribution is 7.87. The standard InChI is InChI=1S/C14H26N4O8S2/c1-5-7-17-11-12(18(8-6-2)28(17,21)22)26-14(25-11)13-23-9-10(24-13)16(4)27(19,20)15(9)3/h9-14H,5-8H2,1-4H3/t9-,10+,11-,12-,13?/m1/s1. The molecule has 1 unspecified atom stereocenters. The van der Waals surface area contributed by atoms with Crippen molar-refractivity contribution in [2.45, 2.75) is 64.2 Å². The van der Waals surface area contributed by atoms with Crippen LogP contribution in [0.4, 0.5) is 0 Å². The van der Waals surface area contributed by atoms with Crippen LogP contribution in [0.15, 0.2) is 0 Å². The molecule has 0 saturated carbocycles. The molecule has 4 aliphatic rings. The molecular formula is C14H26N4O8S2. The van der Waals surface area contributed by atoms with E-state index in [1.54, 1.807) is 0 Å². The summed E-state index contributed by atoms with van der Waals surface area (Å²) in [6, 6.07) is 0. The third-order valence-electron chi connectivity index (χ3n) is 5.30. The predicted octanol–water partition coefficient (Wildman–Crippen LogP) is -1.16. The van der Waals surface area contributed by atoms with E-state index in [0.29, 0.717) is 25.9 Å². The second-order valence-electron chi connectivity index (χ2n) is 7.11. The van der Waals surface area contributed by atoms with Gasteiger partial charge in [0.15, 0.2) is 24.9 Å². The van der Waals surface area contributed by atoms with Crippen LogP contribution in [0.3, 0.4) is 0 Å². The van der Waals surface area contributed by atoms with E-state index in [0.717, 1.165) is 8.61 Å². The number of fused-ring (bicyclic) bond motifs is 2. The number of rotatable bonds is 5. The van der Waals surface area contributed by atoms with Crippen molar-refractivity contribution in [3.05, 3.63) is 0 Å². The molecule has 4 saturated heterocycles. The lowest BCUT2D eigenvalue weighted by molar-refractivity contribution is -0.237. The lowest BCUT2D eigenvalue weighted by atomic mass is 10.4. The Morgan fingerprint density at radius 1 is 0.643 bits per heavy atom. The Kier molecular flexibility index (Phi) is 5.27. The Balaban J connectivity index is 1.52. The summed E-state index contributed by atoms with van der Waals surface area (Å²) >= 11 is 0. The molecule has 0 aromatic rings. The minimum absolute atomic E-state index is 0.307. The van der Waals surface area contributed by atoms with E-state index < -0.39 is 57.9 Å². The molecule has 0 aromatic heterocycles. The van der Waals surface area contributed by atoms with Gasteiger partial charge in [0.1, 0.15) is 0 Å². The van der Waals surface area contributed by atoms with Crippen molar-refractivity contribution in [2.24, 2.45) is 0 Å². The number of nitrogens with zero attached hydrogens (tertiary/aromatic N) is 4. The maximum Gasteiger partial charge on any atom is 0.286 e. The van der Waals surface area contributed by atoms with E-state index in [1.165, 1.54) is 22.7 Å². The normalized spacial score (nSPS) is 41.6. The van der Waals surface area contributed by atoms with Gasteiger partial charge < -0.3 is 18.9 Å². The molecule has 4 heterocycles. The van der Waals surface area contributed by atoms with Crippen LogP contribution in [-0.4, -0.2) is 98.7 Å². The summed E-state index contributed by atoms with van der Waals surface area (Å²) in [5.41, 5.74) is 0. The van der Waals surface area contributed by atoms with Gasteiger partial charge in [-0.05, 0) is 12.8 Å². The highest BCUT2D eigenvalue weighted by atomic mass is 32.2. The van der Waals surface area contributed by atoms with Crippen LogP contribution in [-0.2, 0) is 39.4 Å². The summed E-state index contributed by atoms with van der Waals surface area (Å²) in [6.07, 6.45) is -3.93. The summed E-state index contributed by atoms with van der Waals surface area (Å²) in [5.74, 6) is 0. The fourth-order valence-electron chi connectivity index (χ4n) is 3.88. The van der Waals surface area contributed by atoms with Crippen molar-refractivity contribution >= 4 is 20.4 Å². The van der Waals surface area contributed by atoms with Gasteiger partial charge in [-0.1, -0.05) is 13.8 Å². The van der Waals surface area contributed by atoms with E-state index in [-0.39, 0.29) is 0 Å². The first-order valence-corrected chi connectivity index (χ1v) is 12.1. The van der Waals surface area contributed by atoms with Gasteiger partial charge in [0.2, 0.25) is 12.6 Å². The van der Waals surface area contributed by atoms with E-state index in [2.05, 4.69) is 0 Å². The minimum atomic E-state index is -3.67. The van der Waals surface area contributed by atoms with E-state index >= 15 is 0 Å². The van der Waals surface area contributed by atoms with Crippen LogP contribution < -0.4 is 0 Å². The summed E-state index contributed by atoms with van der Waals surface area (Å²) in [5, 5.41) is 0. The molecule has 4 rings (SSSR count). The second-order valence-corrected chi connectivity index (χ2v) is 11.0. The molecule has 162 valence electrons. The Hall–Kier alpha value is -0.420. The average molecular weight is 443 g/mol. The van der Waals surface area contributed by atoms with Crippen LogP contribution in [0.1, 0.15) is 26.7 Å². The smallest absolute Gasteiger partial charge is 0.286 e. The molecular weight excluding hydrogens is 416 g/mol. The van der Waals surface area contributed by atoms with Crippen molar-refractivity contribution in [1.29, 1.82) is 0 Å². The molecule has 0 spiro atoms. The molecule has 28 heavy (non-hydrogen) atoms. The highest BCUT2D eigenvalue weighted by Gasteiger charge is 2.62. The molecule has 0 radical (unpaired) electrons. The molecule has 12 nitrogen and oxygen atoms in total. The molecule has 5 atom stereocenters. The van der Waals surface area contributed by atoms with Gasteiger partial charge in [0.25, 0.3) is 20.4 Å². The van der Waals surface area contributed by atoms with Crippen molar-refractivity contribution < 1.29 is 35.8 Å². The Labute approximate surface area is 165 Å². The lowest BCUT2D eigenvalue weighted by Crippen LogP contribution is -2.42. The molecule has 0 bridgehead atoms. The Morgan fingerprint density at radius 3 is 1.36 bits per heavy atom. The SMILES string of the molecule is CCCN1[C@@H]2OC(C3O[C@@H]4[C@H](O3)N(C)S(=O)(=O)N4C)O[C@H]2N(CCC)S1(=O)=O. The number of likely N-dealkylation sites (N-methyl/N-ethyl adjacent to an activating group) is 2. The van der Waals surface area contributed by atoms with Crippen molar-refractivity contribution in [2.75, 3.05) is 27.2 Å². The van der Waals surface area contributed by atoms with Gasteiger partial charge in [-0.25, -0.2) is 0 Å². The van der Waals surface area contributed by atoms with E-state index in [9.17, 15) is 16.8 Å². The van der Waals surface area contributed by atoms with Gasteiger partial charge in [-0.15, -0.1) is 0 Å². The van der Waals surface area contributed by atoms with Crippen LogP contribution >= 0.6 is 0 Å². The topological polar surface area (TPSA) is 118 Å². The summed E-state index contributed by atoms with van der Waals surface area (Å²) in [6.45, 7) is 4.38. The highest BCUT2D eigenvalue weighted by Crippen LogP contribution is 2.41. The fourth-order valence-corrected chi connectivity index (χ4v) is 7.05. The molecule has 14 heteroatoms. The zero-order valence-electron chi connectivity index (χ0n) is 16.2. The van der Waals surface area contributed by atoms with Crippen molar-refractivity contribution in [3.8, 4) is 0 Å². The largest absolute Gasteiger partial charge is 0.324 e. The van der Waals surface area contributed by atoms with Crippen molar-refractivity contribution in [1.82, 2.24) is 17.2 Å². The van der Waals surface area contributed by atoms with Crippen LogP contribution in [0.25, 0.3) is 0 Å². The van der Waals surface area contributed by atoms with Gasteiger partial charge >= 0.3 is 0 Å².